The van der Waals surface area contributed by atoms with Crippen molar-refractivity contribution >= 4 is 15.7 Å². The molecule has 0 amide bonds. The highest BCUT2D eigenvalue weighted by molar-refractivity contribution is 7.92. The van der Waals surface area contributed by atoms with Gasteiger partial charge in [-0.3, -0.25) is 0 Å². The van der Waals surface area contributed by atoms with Gasteiger partial charge in [0.05, 0.1) is 4.75 Å². The van der Waals surface area contributed by atoms with Crippen LogP contribution in [0, 0.1) is 41.9 Å². The van der Waals surface area contributed by atoms with Crippen molar-refractivity contribution in [2.75, 3.05) is 6.26 Å². The van der Waals surface area contributed by atoms with E-state index < -0.39 is 20.2 Å². The maximum absolute atomic E-state index is 13.5. The molecule has 1 aromatic rings. The van der Waals surface area contributed by atoms with E-state index in [1.54, 1.807) is 13.0 Å². The number of sulfone groups is 1. The van der Waals surface area contributed by atoms with Crippen LogP contribution in [0.4, 0.5) is 4.39 Å². The molecule has 0 aromatic heterocycles. The molecular formula is C23H30FN3O3S. The number of nitrogens with one attached hydrogen (secondary N) is 1. The van der Waals surface area contributed by atoms with Gasteiger partial charge in [-0.1, -0.05) is 0 Å². The quantitative estimate of drug-likeness (QED) is 0.422. The summed E-state index contributed by atoms with van der Waals surface area (Å²) in [7, 11) is -3.13. The van der Waals surface area contributed by atoms with Crippen molar-refractivity contribution in [2.24, 2.45) is 22.7 Å². The number of hydrogen-bond acceptors (Lipinski definition) is 5. The number of ether oxygens (including phenoxy) is 1. The minimum Gasteiger partial charge on any atom is -0.480 e. The summed E-state index contributed by atoms with van der Waals surface area (Å²) < 4.78 is 44.2. The lowest BCUT2D eigenvalue weighted by Crippen LogP contribution is -2.65. The number of rotatable bonds is 5. The summed E-state index contributed by atoms with van der Waals surface area (Å²) in [5, 5.41) is 12.8. The summed E-state index contributed by atoms with van der Waals surface area (Å²) >= 11 is 0. The molecule has 1 N–H and O–H groups in total. The van der Waals surface area contributed by atoms with Crippen molar-refractivity contribution in [3.8, 4) is 11.9 Å². The van der Waals surface area contributed by atoms with E-state index >= 15 is 0 Å². The highest BCUT2D eigenvalue weighted by atomic mass is 32.2. The lowest BCUT2D eigenvalue weighted by Gasteiger charge is -2.59. The number of benzene rings is 1. The monoisotopic (exact) mass is 447 g/mol. The molecule has 8 heteroatoms. The van der Waals surface area contributed by atoms with Gasteiger partial charge < -0.3 is 10.1 Å². The molecule has 168 valence electrons. The Bertz CT molecular complexity index is 1040. The second kappa shape index (κ2) is 7.47. The zero-order valence-corrected chi connectivity index (χ0v) is 19.3. The average Bonchev–Trinajstić information content (AvgIpc) is 2.64. The summed E-state index contributed by atoms with van der Waals surface area (Å²) in [6, 6.07) is 4.39. The first-order valence-electron chi connectivity index (χ1n) is 10.8. The Hall–Kier alpha value is -2.14. The van der Waals surface area contributed by atoms with Crippen LogP contribution < -0.4 is 10.1 Å². The third-order valence-corrected chi connectivity index (χ3v) is 9.61. The van der Waals surface area contributed by atoms with E-state index in [1.165, 1.54) is 18.4 Å². The van der Waals surface area contributed by atoms with Gasteiger partial charge in [-0.15, -0.1) is 0 Å². The number of aryl methyl sites for hydroxylation is 1. The highest BCUT2D eigenvalue weighted by Crippen LogP contribution is 2.58. The Morgan fingerprint density at radius 3 is 2.48 bits per heavy atom. The first-order valence-corrected chi connectivity index (χ1v) is 12.7. The standard InChI is InChI=1S/C23H30FN3O3S/c1-14-7-18(24)5-6-19(14)30-22(2,3)21(26-13-25)27-20-16-8-15-9-17(20)12-23(10-15,11-16)31(4,28)29/h5-7,15-17,20H,8-12H2,1-4H3,(H,26,27). The van der Waals surface area contributed by atoms with Gasteiger partial charge in [0.1, 0.15) is 11.6 Å². The van der Waals surface area contributed by atoms with Gasteiger partial charge in [0.2, 0.25) is 6.19 Å². The lowest BCUT2D eigenvalue weighted by molar-refractivity contribution is 0.00459. The molecule has 0 aliphatic heterocycles. The van der Waals surface area contributed by atoms with Crippen molar-refractivity contribution in [3.63, 3.8) is 0 Å². The lowest BCUT2D eigenvalue weighted by atomic mass is 9.53. The fourth-order valence-corrected chi connectivity index (χ4v) is 7.81. The van der Waals surface area contributed by atoms with Crippen molar-refractivity contribution in [1.82, 2.24) is 5.32 Å². The van der Waals surface area contributed by atoms with Crippen LogP contribution in [0.15, 0.2) is 23.2 Å². The van der Waals surface area contributed by atoms with Crippen molar-refractivity contribution < 1.29 is 17.5 Å². The first-order chi connectivity index (χ1) is 14.4. The molecule has 31 heavy (non-hydrogen) atoms. The minimum atomic E-state index is -3.13. The van der Waals surface area contributed by atoms with E-state index in [1.807, 2.05) is 20.0 Å². The fraction of sp³-hybridized carbons (Fsp3) is 0.652. The molecule has 6 nitrogen and oxygen atoms in total. The SMILES string of the molecule is Cc1cc(F)ccc1OC(C)(C)/C(=N\C#N)NC1C2CC3CC1CC(S(C)(=O)=O)(C3)C2. The van der Waals surface area contributed by atoms with Crippen molar-refractivity contribution in [3.05, 3.63) is 29.6 Å². The molecule has 4 fully saturated rings. The van der Waals surface area contributed by atoms with Crippen LogP contribution in [0.2, 0.25) is 0 Å². The van der Waals surface area contributed by atoms with E-state index in [2.05, 4.69) is 10.3 Å². The number of halogens is 1. The Morgan fingerprint density at radius 1 is 1.29 bits per heavy atom. The summed E-state index contributed by atoms with van der Waals surface area (Å²) in [6.07, 6.45) is 7.37. The van der Waals surface area contributed by atoms with Crippen molar-refractivity contribution in [2.45, 2.75) is 69.3 Å². The number of nitrogens with zero attached hydrogens (tertiary/aromatic N) is 2. The van der Waals surface area contributed by atoms with Crippen LogP contribution in [-0.2, 0) is 9.84 Å². The second-order valence-corrected chi connectivity index (χ2v) is 12.6. The third-order valence-electron chi connectivity index (χ3n) is 7.54. The Labute approximate surface area is 183 Å². The van der Waals surface area contributed by atoms with E-state index in [0.717, 1.165) is 19.3 Å². The van der Waals surface area contributed by atoms with Crippen LogP contribution in [0.25, 0.3) is 0 Å². The predicted octanol–water partition coefficient (Wildman–Crippen LogP) is 3.75. The van der Waals surface area contributed by atoms with Crippen LogP contribution in [0.5, 0.6) is 5.75 Å². The second-order valence-electron chi connectivity index (χ2n) is 10.2. The molecule has 2 unspecified atom stereocenters. The zero-order chi connectivity index (χ0) is 22.6. The third kappa shape index (κ3) is 3.93. The first kappa shape index (κ1) is 22.1. The molecule has 5 rings (SSSR count). The van der Waals surface area contributed by atoms with Gasteiger partial charge in [0.15, 0.2) is 21.3 Å². The average molecular weight is 448 g/mol. The molecule has 2 atom stereocenters. The highest BCUT2D eigenvalue weighted by Gasteiger charge is 2.60. The summed E-state index contributed by atoms with van der Waals surface area (Å²) in [5.74, 6) is 1.53. The molecule has 0 radical (unpaired) electrons. The Balaban J connectivity index is 1.57. The number of nitriles is 1. The van der Waals surface area contributed by atoms with Crippen LogP contribution in [-0.4, -0.2) is 36.9 Å². The van der Waals surface area contributed by atoms with Gasteiger partial charge in [0, 0.05) is 12.3 Å². The molecular weight excluding hydrogens is 417 g/mol. The molecule has 4 aliphatic carbocycles. The van der Waals surface area contributed by atoms with E-state index in [4.69, 9.17) is 4.74 Å². The largest absolute Gasteiger partial charge is 0.480 e. The summed E-state index contributed by atoms with van der Waals surface area (Å²) in [4.78, 5) is 4.05. The fourth-order valence-electron chi connectivity index (χ4n) is 6.24. The number of amidine groups is 1. The molecule has 4 saturated carbocycles. The van der Waals surface area contributed by atoms with E-state index in [-0.39, 0.29) is 23.7 Å². The van der Waals surface area contributed by atoms with Crippen molar-refractivity contribution in [1.29, 1.82) is 5.26 Å². The minimum absolute atomic E-state index is 0.0655. The van der Waals surface area contributed by atoms with E-state index in [0.29, 0.717) is 35.9 Å². The number of aliphatic imine (C=N–C) groups is 1. The molecule has 1 aromatic carbocycles. The van der Waals surface area contributed by atoms with Crippen LogP contribution >= 0.6 is 0 Å². The number of hydrogen-bond donors (Lipinski definition) is 1. The topological polar surface area (TPSA) is 91.5 Å². The van der Waals surface area contributed by atoms with Gasteiger partial charge >= 0.3 is 0 Å². The maximum Gasteiger partial charge on any atom is 0.207 e. The Kier molecular flexibility index (Phi) is 5.32. The van der Waals surface area contributed by atoms with Gasteiger partial charge in [-0.25, -0.2) is 12.8 Å². The smallest absolute Gasteiger partial charge is 0.207 e. The van der Waals surface area contributed by atoms with Crippen LogP contribution in [0.1, 0.15) is 51.5 Å². The summed E-state index contributed by atoms with van der Waals surface area (Å²) in [6.45, 7) is 5.42. The van der Waals surface area contributed by atoms with Crippen LogP contribution in [0.3, 0.4) is 0 Å². The van der Waals surface area contributed by atoms with Gasteiger partial charge in [-0.2, -0.15) is 10.3 Å². The predicted molar refractivity (Wildman–Crippen MR) is 117 cm³/mol. The molecule has 0 spiro atoms. The van der Waals surface area contributed by atoms with E-state index in [9.17, 15) is 18.1 Å². The molecule has 4 aliphatic rings. The molecule has 0 heterocycles. The Morgan fingerprint density at radius 2 is 1.94 bits per heavy atom. The van der Waals surface area contributed by atoms with Gasteiger partial charge in [0.25, 0.3) is 0 Å². The normalized spacial score (nSPS) is 32.6. The zero-order valence-electron chi connectivity index (χ0n) is 18.5. The summed E-state index contributed by atoms with van der Waals surface area (Å²) in [5.41, 5.74) is -0.282. The molecule has 0 saturated heterocycles. The molecule has 4 bridgehead atoms. The van der Waals surface area contributed by atoms with Gasteiger partial charge in [-0.05, 0) is 94.4 Å². The maximum atomic E-state index is 13.5.